The zero-order valence-corrected chi connectivity index (χ0v) is 16.9. The van der Waals surface area contributed by atoms with Gasteiger partial charge in [0.15, 0.2) is 0 Å². The molecule has 0 saturated heterocycles. The quantitative estimate of drug-likeness (QED) is 0.601. The summed E-state index contributed by atoms with van der Waals surface area (Å²) < 4.78 is 0. The van der Waals surface area contributed by atoms with Crippen LogP contribution in [0.4, 0.5) is 5.69 Å². The fourth-order valence-corrected chi connectivity index (χ4v) is 3.77. The zero-order chi connectivity index (χ0) is 20.1. The second-order valence-electron chi connectivity index (χ2n) is 7.18. The van der Waals surface area contributed by atoms with Crippen molar-refractivity contribution in [1.29, 1.82) is 0 Å². The minimum Gasteiger partial charge on any atom is -0.388 e. The van der Waals surface area contributed by atoms with Crippen LogP contribution in [0.3, 0.4) is 0 Å². The Bertz CT molecular complexity index is 851. The molecule has 1 aliphatic heterocycles. The first-order valence-corrected chi connectivity index (χ1v) is 9.87. The number of nitrogens with one attached hydrogen (secondary N) is 1. The molecule has 0 aromatic heterocycles. The smallest absolute Gasteiger partial charge is 0.258 e. The van der Waals surface area contributed by atoms with E-state index in [0.29, 0.717) is 24.9 Å². The minimum absolute atomic E-state index is 0.0289. The summed E-state index contributed by atoms with van der Waals surface area (Å²) >= 11 is 0. The summed E-state index contributed by atoms with van der Waals surface area (Å²) in [7, 11) is 1.74. The number of aliphatic hydroxyl groups excluding tert-OH is 1. The lowest BCUT2D eigenvalue weighted by molar-refractivity contribution is 0.0722. The summed E-state index contributed by atoms with van der Waals surface area (Å²) in [6, 6.07) is 7.66. The standard InChI is InChI=1S/C23H29N3O2/c1-4-16(12-13-24-3)15-26-22(18-10-11-21(27)17(5-2)14-18)25-20-9-7-6-8-19(20)23(26)28/h5-10,12-13,21-22,25,27H,4,11,14-15H2,1-3H3/b16-12+,17-5-,24-13?. The summed E-state index contributed by atoms with van der Waals surface area (Å²) in [5, 5.41) is 13.8. The molecule has 2 atom stereocenters. The molecule has 2 unspecified atom stereocenters. The van der Waals surface area contributed by atoms with Crippen molar-refractivity contribution in [2.75, 3.05) is 18.9 Å². The number of carbonyl (C=O) groups excluding carboxylic acids is 1. The molecule has 1 amide bonds. The van der Waals surface area contributed by atoms with Gasteiger partial charge in [-0.15, -0.1) is 0 Å². The van der Waals surface area contributed by atoms with Crippen LogP contribution in [0.2, 0.25) is 0 Å². The Hall–Kier alpha value is -2.66. The third kappa shape index (κ3) is 4.09. The fourth-order valence-electron chi connectivity index (χ4n) is 3.77. The number of fused-ring (bicyclic) bond motifs is 1. The number of nitrogens with zero attached hydrogens (tertiary/aromatic N) is 2. The third-order valence-electron chi connectivity index (χ3n) is 5.47. The zero-order valence-electron chi connectivity index (χ0n) is 16.9. The van der Waals surface area contributed by atoms with Crippen molar-refractivity contribution < 1.29 is 9.90 Å². The Labute approximate surface area is 167 Å². The van der Waals surface area contributed by atoms with Crippen LogP contribution < -0.4 is 5.32 Å². The molecule has 28 heavy (non-hydrogen) atoms. The van der Waals surface area contributed by atoms with Gasteiger partial charge in [-0.05, 0) is 61.1 Å². The number of hydrogen-bond donors (Lipinski definition) is 2. The molecule has 0 radical (unpaired) electrons. The van der Waals surface area contributed by atoms with E-state index in [4.69, 9.17) is 0 Å². The lowest BCUT2D eigenvalue weighted by Crippen LogP contribution is -2.51. The lowest BCUT2D eigenvalue weighted by Gasteiger charge is -2.41. The van der Waals surface area contributed by atoms with E-state index in [1.54, 1.807) is 13.3 Å². The SMILES string of the molecule is C/C=C1/CC(C2Nc3ccccc3C(=O)N2C/C(=C/C=NC)CC)=CCC1O. The molecular formula is C23H29N3O2. The number of rotatable bonds is 5. The molecule has 1 aliphatic carbocycles. The molecule has 5 heteroatoms. The van der Waals surface area contributed by atoms with E-state index >= 15 is 0 Å². The highest BCUT2D eigenvalue weighted by Gasteiger charge is 2.35. The maximum atomic E-state index is 13.3. The van der Waals surface area contributed by atoms with Crippen molar-refractivity contribution >= 4 is 17.8 Å². The molecule has 1 aromatic carbocycles. The van der Waals surface area contributed by atoms with E-state index in [9.17, 15) is 9.90 Å². The number of benzene rings is 1. The largest absolute Gasteiger partial charge is 0.388 e. The number of carbonyl (C=O) groups is 1. The van der Waals surface area contributed by atoms with E-state index in [0.717, 1.165) is 28.8 Å². The van der Waals surface area contributed by atoms with Gasteiger partial charge in [-0.2, -0.15) is 0 Å². The number of anilines is 1. The fraction of sp³-hybridized carbons (Fsp3) is 0.391. The van der Waals surface area contributed by atoms with Gasteiger partial charge in [-0.1, -0.05) is 31.2 Å². The van der Waals surface area contributed by atoms with E-state index in [2.05, 4.69) is 23.3 Å². The topological polar surface area (TPSA) is 64.9 Å². The van der Waals surface area contributed by atoms with Crippen LogP contribution in [-0.4, -0.2) is 48.0 Å². The Morgan fingerprint density at radius 2 is 2.18 bits per heavy atom. The highest BCUT2D eigenvalue weighted by Crippen LogP contribution is 2.34. The van der Waals surface area contributed by atoms with Gasteiger partial charge in [0, 0.05) is 25.5 Å². The van der Waals surface area contributed by atoms with Crippen molar-refractivity contribution in [3.8, 4) is 0 Å². The van der Waals surface area contributed by atoms with E-state index < -0.39 is 6.10 Å². The molecule has 1 heterocycles. The van der Waals surface area contributed by atoms with Crippen LogP contribution in [0, 0.1) is 0 Å². The average Bonchev–Trinajstić information content (AvgIpc) is 2.73. The minimum atomic E-state index is -0.430. The van der Waals surface area contributed by atoms with Crippen molar-refractivity contribution in [2.24, 2.45) is 4.99 Å². The van der Waals surface area contributed by atoms with Crippen LogP contribution >= 0.6 is 0 Å². The Morgan fingerprint density at radius 1 is 1.39 bits per heavy atom. The number of para-hydroxylation sites is 1. The highest BCUT2D eigenvalue weighted by molar-refractivity contribution is 6.02. The number of hydrogen-bond acceptors (Lipinski definition) is 4. The molecule has 148 valence electrons. The van der Waals surface area contributed by atoms with Gasteiger partial charge < -0.3 is 15.3 Å². The molecule has 0 bridgehead atoms. The van der Waals surface area contributed by atoms with Gasteiger partial charge in [0.25, 0.3) is 5.91 Å². The Morgan fingerprint density at radius 3 is 2.89 bits per heavy atom. The molecule has 1 aromatic rings. The predicted molar refractivity (Wildman–Crippen MR) is 115 cm³/mol. The van der Waals surface area contributed by atoms with E-state index in [1.165, 1.54) is 0 Å². The summed E-state index contributed by atoms with van der Waals surface area (Å²) in [4.78, 5) is 19.3. The monoisotopic (exact) mass is 379 g/mol. The van der Waals surface area contributed by atoms with Crippen LogP contribution in [0.5, 0.6) is 0 Å². The molecule has 0 fully saturated rings. The second kappa shape index (κ2) is 9.02. The molecular weight excluding hydrogens is 350 g/mol. The Kier molecular flexibility index (Phi) is 6.47. The lowest BCUT2D eigenvalue weighted by atomic mass is 9.88. The molecule has 3 rings (SSSR count). The van der Waals surface area contributed by atoms with Crippen LogP contribution in [0.15, 0.2) is 64.2 Å². The van der Waals surface area contributed by atoms with E-state index in [1.807, 2.05) is 48.2 Å². The second-order valence-corrected chi connectivity index (χ2v) is 7.18. The third-order valence-corrected chi connectivity index (χ3v) is 5.47. The average molecular weight is 380 g/mol. The van der Waals surface area contributed by atoms with Gasteiger partial charge in [-0.25, -0.2) is 0 Å². The van der Waals surface area contributed by atoms with Crippen molar-refractivity contribution in [3.05, 3.63) is 64.8 Å². The maximum Gasteiger partial charge on any atom is 0.258 e. The number of aliphatic imine (C=N–C) groups is 1. The van der Waals surface area contributed by atoms with Gasteiger partial charge in [0.05, 0.1) is 11.7 Å². The van der Waals surface area contributed by atoms with E-state index in [-0.39, 0.29) is 12.1 Å². The van der Waals surface area contributed by atoms with Gasteiger partial charge in [-0.3, -0.25) is 9.79 Å². The molecule has 5 nitrogen and oxygen atoms in total. The van der Waals surface area contributed by atoms with Crippen LogP contribution in [-0.2, 0) is 0 Å². The summed E-state index contributed by atoms with van der Waals surface area (Å²) in [6.07, 6.45) is 9.26. The summed E-state index contributed by atoms with van der Waals surface area (Å²) in [5.74, 6) is 0.0289. The van der Waals surface area contributed by atoms with Gasteiger partial charge >= 0.3 is 0 Å². The first-order chi connectivity index (χ1) is 13.6. The van der Waals surface area contributed by atoms with Gasteiger partial charge in [0.2, 0.25) is 0 Å². The van der Waals surface area contributed by atoms with Crippen molar-refractivity contribution in [2.45, 2.75) is 45.4 Å². The number of amides is 1. The summed E-state index contributed by atoms with van der Waals surface area (Å²) in [6.45, 7) is 4.59. The molecule has 0 spiro atoms. The Balaban J connectivity index is 1.98. The number of aliphatic hydroxyl groups is 1. The first-order valence-electron chi connectivity index (χ1n) is 9.87. The van der Waals surface area contributed by atoms with Crippen molar-refractivity contribution in [1.82, 2.24) is 4.90 Å². The normalized spacial score (nSPS) is 24.4. The summed E-state index contributed by atoms with van der Waals surface area (Å²) in [5.41, 5.74) is 4.84. The molecule has 0 saturated carbocycles. The first kappa shape index (κ1) is 20.1. The molecule has 2 N–H and O–H groups in total. The number of allylic oxidation sites excluding steroid dienone is 2. The van der Waals surface area contributed by atoms with Crippen LogP contribution in [0.25, 0.3) is 0 Å². The maximum absolute atomic E-state index is 13.3. The van der Waals surface area contributed by atoms with Crippen LogP contribution in [0.1, 0.15) is 43.5 Å². The highest BCUT2D eigenvalue weighted by atomic mass is 16.3. The van der Waals surface area contributed by atoms with Crippen molar-refractivity contribution in [3.63, 3.8) is 0 Å². The van der Waals surface area contributed by atoms with Gasteiger partial charge in [0.1, 0.15) is 6.17 Å². The molecule has 2 aliphatic rings. The predicted octanol–water partition coefficient (Wildman–Crippen LogP) is 3.94.